The smallest absolute Gasteiger partial charge is 0.250 e. The van der Waals surface area contributed by atoms with Crippen LogP contribution in [0.25, 0.3) is 0 Å². The second-order valence-electron chi connectivity index (χ2n) is 4.05. The van der Waals surface area contributed by atoms with Crippen molar-refractivity contribution in [1.82, 2.24) is 0 Å². The highest BCUT2D eigenvalue weighted by molar-refractivity contribution is 7.07. The predicted molar refractivity (Wildman–Crippen MR) is 78.6 cm³/mol. The summed E-state index contributed by atoms with van der Waals surface area (Å²) in [7, 11) is 1.50. The quantitative estimate of drug-likeness (QED) is 0.853. The number of carbonyl (C=O) groups excluding carboxylic acids is 1. The van der Waals surface area contributed by atoms with Crippen molar-refractivity contribution in [2.75, 3.05) is 24.4 Å². The third kappa shape index (κ3) is 4.39. The third-order valence-corrected chi connectivity index (χ3v) is 3.23. The van der Waals surface area contributed by atoms with Gasteiger partial charge in [0.05, 0.1) is 0 Å². The normalized spacial score (nSPS) is 10.2. The highest BCUT2D eigenvalue weighted by Gasteiger charge is 2.02. The number of hydrogen-bond acceptors (Lipinski definition) is 4. The molecule has 0 aliphatic heterocycles. The van der Waals surface area contributed by atoms with E-state index in [0.717, 1.165) is 17.9 Å². The molecule has 0 saturated carbocycles. The molecule has 1 heterocycles. The molecule has 2 rings (SSSR count). The van der Waals surface area contributed by atoms with Gasteiger partial charge in [0.25, 0.3) is 0 Å². The molecule has 2 aromatic rings. The van der Waals surface area contributed by atoms with Crippen molar-refractivity contribution in [3.63, 3.8) is 0 Å². The number of thiophene rings is 1. The van der Waals surface area contributed by atoms with E-state index in [1.54, 1.807) is 11.3 Å². The van der Waals surface area contributed by atoms with Gasteiger partial charge < -0.3 is 15.4 Å². The largest absolute Gasteiger partial charge is 0.381 e. The van der Waals surface area contributed by atoms with E-state index in [1.165, 1.54) is 12.7 Å². The molecule has 4 nitrogen and oxygen atoms in total. The van der Waals surface area contributed by atoms with Gasteiger partial charge in [0.15, 0.2) is 0 Å². The van der Waals surface area contributed by atoms with E-state index < -0.39 is 0 Å². The molecule has 19 heavy (non-hydrogen) atoms. The number of nitrogens with one attached hydrogen (secondary N) is 2. The minimum Gasteiger partial charge on any atom is -0.381 e. The molecular weight excluding hydrogens is 260 g/mol. The minimum absolute atomic E-state index is 0.0621. The Hall–Kier alpha value is -1.85. The number of rotatable bonds is 6. The second-order valence-corrected chi connectivity index (χ2v) is 4.83. The summed E-state index contributed by atoms with van der Waals surface area (Å²) in [6.07, 6.45) is 0. The standard InChI is InChI=1S/C14H16N2O2S/c1-18-9-14(17)16-13-4-2-3-12(7-13)15-8-11-5-6-19-10-11/h2-7,10,15H,8-9H2,1H3,(H,16,17). The molecule has 0 bridgehead atoms. The first-order valence-electron chi connectivity index (χ1n) is 5.92. The van der Waals surface area contributed by atoms with Crippen molar-refractivity contribution in [2.45, 2.75) is 6.54 Å². The van der Waals surface area contributed by atoms with Crippen molar-refractivity contribution in [3.8, 4) is 0 Å². The van der Waals surface area contributed by atoms with E-state index in [0.29, 0.717) is 0 Å². The summed E-state index contributed by atoms with van der Waals surface area (Å²) < 4.78 is 4.78. The molecule has 1 aromatic heterocycles. The maximum absolute atomic E-state index is 11.4. The van der Waals surface area contributed by atoms with Crippen LogP contribution in [0.2, 0.25) is 0 Å². The SMILES string of the molecule is COCC(=O)Nc1cccc(NCc2ccsc2)c1. The Labute approximate surface area is 116 Å². The predicted octanol–water partition coefficient (Wildman–Crippen LogP) is 2.95. The maximum Gasteiger partial charge on any atom is 0.250 e. The molecular formula is C14H16N2O2S. The van der Waals surface area contributed by atoms with E-state index >= 15 is 0 Å². The van der Waals surface area contributed by atoms with Crippen LogP contribution in [0.5, 0.6) is 0 Å². The lowest BCUT2D eigenvalue weighted by Gasteiger charge is -2.08. The number of ether oxygens (including phenoxy) is 1. The number of carbonyl (C=O) groups is 1. The summed E-state index contributed by atoms with van der Waals surface area (Å²) in [6.45, 7) is 0.839. The highest BCUT2D eigenvalue weighted by atomic mass is 32.1. The Morgan fingerprint density at radius 3 is 2.89 bits per heavy atom. The Morgan fingerprint density at radius 1 is 1.32 bits per heavy atom. The second kappa shape index (κ2) is 6.92. The topological polar surface area (TPSA) is 50.4 Å². The van der Waals surface area contributed by atoms with Crippen molar-refractivity contribution in [1.29, 1.82) is 0 Å². The van der Waals surface area contributed by atoms with E-state index in [9.17, 15) is 4.79 Å². The lowest BCUT2D eigenvalue weighted by molar-refractivity contribution is -0.119. The molecule has 1 amide bonds. The molecule has 0 unspecified atom stereocenters. The zero-order valence-corrected chi connectivity index (χ0v) is 11.5. The molecule has 100 valence electrons. The lowest BCUT2D eigenvalue weighted by Crippen LogP contribution is -2.17. The van der Waals surface area contributed by atoms with Crippen LogP contribution in [0.4, 0.5) is 11.4 Å². The van der Waals surface area contributed by atoms with Gasteiger partial charge in [0.2, 0.25) is 5.91 Å². The van der Waals surface area contributed by atoms with E-state index in [4.69, 9.17) is 4.74 Å². The third-order valence-electron chi connectivity index (χ3n) is 2.50. The Balaban J connectivity index is 1.93. The van der Waals surface area contributed by atoms with Crippen LogP contribution in [0.3, 0.4) is 0 Å². The molecule has 5 heteroatoms. The first-order chi connectivity index (χ1) is 9.28. The molecule has 0 spiro atoms. The molecule has 1 aromatic carbocycles. The van der Waals surface area contributed by atoms with Gasteiger partial charge in [-0.1, -0.05) is 6.07 Å². The Kier molecular flexibility index (Phi) is 4.94. The zero-order valence-electron chi connectivity index (χ0n) is 10.7. The van der Waals surface area contributed by atoms with Gasteiger partial charge in [0, 0.05) is 25.0 Å². The molecule has 2 N–H and O–H groups in total. The van der Waals surface area contributed by atoms with Crippen LogP contribution in [0.1, 0.15) is 5.56 Å². The van der Waals surface area contributed by atoms with E-state index in [1.807, 2.05) is 24.3 Å². The van der Waals surface area contributed by atoms with Crippen molar-refractivity contribution in [2.24, 2.45) is 0 Å². The van der Waals surface area contributed by atoms with Crippen molar-refractivity contribution < 1.29 is 9.53 Å². The number of anilines is 2. The van der Waals surface area contributed by atoms with Gasteiger partial charge in [-0.2, -0.15) is 11.3 Å². The molecule has 0 atom stereocenters. The fourth-order valence-electron chi connectivity index (χ4n) is 1.63. The van der Waals surface area contributed by atoms with Gasteiger partial charge >= 0.3 is 0 Å². The molecule has 0 radical (unpaired) electrons. The number of hydrogen-bond donors (Lipinski definition) is 2. The van der Waals surface area contributed by atoms with Crippen LogP contribution in [-0.4, -0.2) is 19.6 Å². The lowest BCUT2D eigenvalue weighted by atomic mass is 10.2. The summed E-state index contributed by atoms with van der Waals surface area (Å²) in [6, 6.07) is 9.71. The van der Waals surface area contributed by atoms with Crippen LogP contribution >= 0.6 is 11.3 Å². The number of benzene rings is 1. The number of amides is 1. The van der Waals surface area contributed by atoms with Crippen molar-refractivity contribution >= 4 is 28.6 Å². The summed E-state index contributed by atoms with van der Waals surface area (Å²) in [5, 5.41) is 10.3. The summed E-state index contributed by atoms with van der Waals surface area (Å²) >= 11 is 1.68. The monoisotopic (exact) mass is 276 g/mol. The van der Waals surface area contributed by atoms with E-state index in [2.05, 4.69) is 27.5 Å². The van der Waals surface area contributed by atoms with Gasteiger partial charge in [-0.25, -0.2) is 0 Å². The van der Waals surface area contributed by atoms with E-state index in [-0.39, 0.29) is 12.5 Å². The van der Waals surface area contributed by atoms with Crippen LogP contribution in [0, 0.1) is 0 Å². The molecule has 0 aliphatic carbocycles. The Bertz CT molecular complexity index is 526. The fourth-order valence-corrected chi connectivity index (χ4v) is 2.30. The average molecular weight is 276 g/mol. The van der Waals surface area contributed by atoms with Crippen LogP contribution in [0.15, 0.2) is 41.1 Å². The first kappa shape index (κ1) is 13.6. The zero-order chi connectivity index (χ0) is 13.5. The summed E-state index contributed by atoms with van der Waals surface area (Å²) in [4.78, 5) is 11.4. The van der Waals surface area contributed by atoms with Crippen LogP contribution in [-0.2, 0) is 16.1 Å². The van der Waals surface area contributed by atoms with Gasteiger partial charge in [-0.3, -0.25) is 4.79 Å². The van der Waals surface area contributed by atoms with Gasteiger partial charge in [0.1, 0.15) is 6.61 Å². The molecule has 0 fully saturated rings. The molecule has 0 saturated heterocycles. The van der Waals surface area contributed by atoms with Gasteiger partial charge in [-0.05, 0) is 40.6 Å². The Morgan fingerprint density at radius 2 is 2.16 bits per heavy atom. The molecule has 0 aliphatic rings. The summed E-state index contributed by atoms with van der Waals surface area (Å²) in [5.74, 6) is -0.155. The van der Waals surface area contributed by atoms with Crippen molar-refractivity contribution in [3.05, 3.63) is 46.7 Å². The maximum atomic E-state index is 11.4. The summed E-state index contributed by atoms with van der Waals surface area (Å²) in [5.41, 5.74) is 2.98. The average Bonchev–Trinajstić information content (AvgIpc) is 2.90. The van der Waals surface area contributed by atoms with Gasteiger partial charge in [-0.15, -0.1) is 0 Å². The first-order valence-corrected chi connectivity index (χ1v) is 6.86. The fraction of sp³-hybridized carbons (Fsp3) is 0.214. The minimum atomic E-state index is -0.155. The number of methoxy groups -OCH3 is 1. The highest BCUT2D eigenvalue weighted by Crippen LogP contribution is 2.16. The van der Waals surface area contributed by atoms with Crippen LogP contribution < -0.4 is 10.6 Å².